The summed E-state index contributed by atoms with van der Waals surface area (Å²) in [7, 11) is 0. The first-order valence-electron chi connectivity index (χ1n) is 11.3. The fourth-order valence-corrected chi connectivity index (χ4v) is 3.89. The maximum absolute atomic E-state index is 13.0. The highest BCUT2D eigenvalue weighted by molar-refractivity contribution is 5.94. The number of amides is 2. The van der Waals surface area contributed by atoms with Gasteiger partial charge in [0.2, 0.25) is 5.91 Å². The lowest BCUT2D eigenvalue weighted by Crippen LogP contribution is -2.45. The summed E-state index contributed by atoms with van der Waals surface area (Å²) in [6.45, 7) is 5.06. The summed E-state index contributed by atoms with van der Waals surface area (Å²) in [6, 6.07) is 19.3. The minimum absolute atomic E-state index is 0.179. The Morgan fingerprint density at radius 2 is 1.69 bits per heavy atom. The van der Waals surface area contributed by atoms with Crippen LogP contribution in [0.1, 0.15) is 37.8 Å². The number of aliphatic hydroxyl groups is 1. The fraction of sp³-hybridized carbons (Fsp3) is 0.462. The second-order valence-corrected chi connectivity index (χ2v) is 8.67. The number of carbonyl (C=O) groups is 2. The van der Waals surface area contributed by atoms with Gasteiger partial charge in [-0.25, -0.2) is 9.69 Å². The Hall–Kier alpha value is -2.70. The van der Waals surface area contributed by atoms with Crippen molar-refractivity contribution in [1.29, 1.82) is 0 Å². The number of cyclic esters (lactones) is 1. The molecule has 1 fully saturated rings. The molecule has 0 spiro atoms. The summed E-state index contributed by atoms with van der Waals surface area (Å²) in [6.07, 6.45) is 0.278. The van der Waals surface area contributed by atoms with Crippen LogP contribution in [-0.2, 0) is 27.3 Å². The third-order valence-corrected chi connectivity index (χ3v) is 5.95. The van der Waals surface area contributed by atoms with E-state index in [1.54, 1.807) is 6.92 Å². The lowest BCUT2D eigenvalue weighted by molar-refractivity contribution is -0.136. The van der Waals surface area contributed by atoms with Crippen LogP contribution in [0.15, 0.2) is 60.7 Å². The van der Waals surface area contributed by atoms with Gasteiger partial charge in [0.1, 0.15) is 6.61 Å². The van der Waals surface area contributed by atoms with Crippen molar-refractivity contribution in [3.63, 3.8) is 0 Å². The first-order valence-corrected chi connectivity index (χ1v) is 11.3. The van der Waals surface area contributed by atoms with Gasteiger partial charge in [0.25, 0.3) is 0 Å². The molecule has 0 radical (unpaired) electrons. The molecule has 2 aromatic carbocycles. The van der Waals surface area contributed by atoms with Crippen molar-refractivity contribution in [1.82, 2.24) is 4.90 Å². The molecule has 2 aromatic rings. The standard InChI is InChI=1S/C26H33NO5/c1-19(16-31-17-22-11-7-4-8-12-22)13-14-24(28)20(2)25(29)27-23(18-32-26(27)30)15-21-9-5-3-6-10-21/h3-12,19-20,23-24,28H,13-18H2,1-2H3/t19?,20-,23-,24+/m0/s1. The van der Waals surface area contributed by atoms with Crippen LogP contribution < -0.4 is 0 Å². The predicted octanol–water partition coefficient (Wildman–Crippen LogP) is 4.21. The minimum atomic E-state index is -0.829. The van der Waals surface area contributed by atoms with Crippen LogP contribution in [0.2, 0.25) is 0 Å². The van der Waals surface area contributed by atoms with Crippen molar-refractivity contribution < 1.29 is 24.2 Å². The summed E-state index contributed by atoms with van der Waals surface area (Å²) in [5.41, 5.74) is 2.16. The Labute approximate surface area is 190 Å². The molecule has 6 nitrogen and oxygen atoms in total. The van der Waals surface area contributed by atoms with Gasteiger partial charge in [-0.1, -0.05) is 74.5 Å². The smallest absolute Gasteiger partial charge is 0.416 e. The van der Waals surface area contributed by atoms with Crippen molar-refractivity contribution in [3.05, 3.63) is 71.8 Å². The van der Waals surface area contributed by atoms with E-state index in [1.165, 1.54) is 4.90 Å². The third kappa shape index (κ3) is 6.65. The highest BCUT2D eigenvalue weighted by Gasteiger charge is 2.41. The largest absolute Gasteiger partial charge is 0.447 e. The van der Waals surface area contributed by atoms with Crippen molar-refractivity contribution in [3.8, 4) is 0 Å². The predicted molar refractivity (Wildman–Crippen MR) is 122 cm³/mol. The summed E-state index contributed by atoms with van der Waals surface area (Å²) in [4.78, 5) is 26.4. The van der Waals surface area contributed by atoms with Crippen molar-refractivity contribution in [2.24, 2.45) is 11.8 Å². The molecule has 6 heteroatoms. The van der Waals surface area contributed by atoms with E-state index in [-0.39, 0.29) is 24.5 Å². The van der Waals surface area contributed by atoms with Gasteiger partial charge in [-0.05, 0) is 36.3 Å². The summed E-state index contributed by atoms with van der Waals surface area (Å²) in [5, 5.41) is 10.6. The molecular formula is C26H33NO5. The van der Waals surface area contributed by atoms with E-state index in [2.05, 4.69) is 6.92 Å². The summed E-state index contributed by atoms with van der Waals surface area (Å²) in [5.74, 6) is -0.816. The SMILES string of the molecule is CC(CC[C@@H](O)[C@H](C)C(=O)N1C(=O)OC[C@@H]1Cc1ccccc1)COCc1ccccc1. The van der Waals surface area contributed by atoms with E-state index in [0.29, 0.717) is 26.1 Å². The summed E-state index contributed by atoms with van der Waals surface area (Å²) >= 11 is 0. The maximum atomic E-state index is 13.0. The zero-order chi connectivity index (χ0) is 22.9. The number of rotatable bonds is 11. The second-order valence-electron chi connectivity index (χ2n) is 8.67. The van der Waals surface area contributed by atoms with Gasteiger partial charge in [-0.15, -0.1) is 0 Å². The number of aliphatic hydroxyl groups excluding tert-OH is 1. The molecule has 2 amide bonds. The maximum Gasteiger partial charge on any atom is 0.416 e. The molecule has 0 aromatic heterocycles. The second kappa shape index (κ2) is 11.8. The van der Waals surface area contributed by atoms with Crippen LogP contribution in [-0.4, -0.2) is 47.4 Å². The highest BCUT2D eigenvalue weighted by atomic mass is 16.6. The van der Waals surface area contributed by atoms with Gasteiger partial charge in [0.15, 0.2) is 0 Å². The number of carbonyl (C=O) groups excluding carboxylic acids is 2. The van der Waals surface area contributed by atoms with Crippen molar-refractivity contribution in [2.75, 3.05) is 13.2 Å². The van der Waals surface area contributed by atoms with Gasteiger partial charge < -0.3 is 14.6 Å². The van der Waals surface area contributed by atoms with E-state index >= 15 is 0 Å². The average molecular weight is 440 g/mol. The first-order chi connectivity index (χ1) is 15.5. The van der Waals surface area contributed by atoms with E-state index in [9.17, 15) is 14.7 Å². The Balaban J connectivity index is 1.45. The molecule has 1 N–H and O–H groups in total. The zero-order valence-electron chi connectivity index (χ0n) is 18.9. The lowest BCUT2D eigenvalue weighted by atomic mass is 9.94. The van der Waals surface area contributed by atoms with Crippen LogP contribution in [0.5, 0.6) is 0 Å². The van der Waals surface area contributed by atoms with Crippen LogP contribution >= 0.6 is 0 Å². The van der Waals surface area contributed by atoms with Gasteiger partial charge in [-0.2, -0.15) is 0 Å². The quantitative estimate of drug-likeness (QED) is 0.568. The number of ether oxygens (including phenoxy) is 2. The van der Waals surface area contributed by atoms with E-state index in [4.69, 9.17) is 9.47 Å². The molecule has 1 unspecified atom stereocenters. The van der Waals surface area contributed by atoms with Crippen LogP contribution in [0, 0.1) is 11.8 Å². The van der Waals surface area contributed by atoms with Gasteiger partial charge in [0, 0.05) is 6.61 Å². The topological polar surface area (TPSA) is 76.1 Å². The van der Waals surface area contributed by atoms with E-state index in [1.807, 2.05) is 60.7 Å². The zero-order valence-corrected chi connectivity index (χ0v) is 18.9. The van der Waals surface area contributed by atoms with Crippen molar-refractivity contribution in [2.45, 2.75) is 51.9 Å². The highest BCUT2D eigenvalue weighted by Crippen LogP contribution is 2.23. The third-order valence-electron chi connectivity index (χ3n) is 5.95. The molecule has 0 aliphatic carbocycles. The summed E-state index contributed by atoms with van der Waals surface area (Å²) < 4.78 is 10.9. The lowest BCUT2D eigenvalue weighted by Gasteiger charge is -2.26. The Bertz CT molecular complexity index is 857. The average Bonchev–Trinajstić information content (AvgIpc) is 3.17. The monoisotopic (exact) mass is 439 g/mol. The Morgan fingerprint density at radius 3 is 2.34 bits per heavy atom. The molecule has 1 saturated heterocycles. The minimum Gasteiger partial charge on any atom is -0.447 e. The number of hydrogen-bond donors (Lipinski definition) is 1. The number of hydrogen-bond acceptors (Lipinski definition) is 5. The van der Waals surface area contributed by atoms with Crippen LogP contribution in [0.25, 0.3) is 0 Å². The van der Waals surface area contributed by atoms with Gasteiger partial charge >= 0.3 is 6.09 Å². The first kappa shape index (κ1) is 24.0. The number of benzene rings is 2. The molecular weight excluding hydrogens is 406 g/mol. The van der Waals surface area contributed by atoms with E-state index < -0.39 is 18.1 Å². The van der Waals surface area contributed by atoms with E-state index in [0.717, 1.165) is 17.5 Å². The Morgan fingerprint density at radius 1 is 1.06 bits per heavy atom. The molecule has 0 bridgehead atoms. The molecule has 1 aliphatic heterocycles. The van der Waals surface area contributed by atoms with Crippen LogP contribution in [0.4, 0.5) is 4.79 Å². The molecule has 0 saturated carbocycles. The van der Waals surface area contributed by atoms with Crippen molar-refractivity contribution >= 4 is 12.0 Å². The Kier molecular flexibility index (Phi) is 8.82. The molecule has 1 aliphatic rings. The molecule has 32 heavy (non-hydrogen) atoms. The molecule has 1 heterocycles. The van der Waals surface area contributed by atoms with Gasteiger partial charge in [0.05, 0.1) is 24.7 Å². The van der Waals surface area contributed by atoms with Crippen LogP contribution in [0.3, 0.4) is 0 Å². The normalized spacial score (nSPS) is 18.8. The molecule has 172 valence electrons. The number of imide groups is 1. The molecule has 3 rings (SSSR count). The van der Waals surface area contributed by atoms with Gasteiger partial charge in [-0.3, -0.25) is 4.79 Å². The molecule has 4 atom stereocenters. The fourth-order valence-electron chi connectivity index (χ4n) is 3.89. The number of nitrogens with zero attached hydrogens (tertiary/aromatic N) is 1.